The van der Waals surface area contributed by atoms with E-state index < -0.39 is 0 Å². The van der Waals surface area contributed by atoms with Crippen molar-refractivity contribution in [3.05, 3.63) is 0 Å². The van der Waals surface area contributed by atoms with Crippen molar-refractivity contribution in [2.75, 3.05) is 26.2 Å². The van der Waals surface area contributed by atoms with E-state index in [9.17, 15) is 4.79 Å². The predicted octanol–water partition coefficient (Wildman–Crippen LogP) is 1.16. The van der Waals surface area contributed by atoms with Gasteiger partial charge in [0.2, 0.25) is 0 Å². The van der Waals surface area contributed by atoms with Gasteiger partial charge in [-0.25, -0.2) is 4.79 Å². The second-order valence-corrected chi connectivity index (χ2v) is 6.84. The number of carbonyl (C=O) groups is 1. The third-order valence-electron chi connectivity index (χ3n) is 3.52. The number of aliphatic hydroxyl groups excluding tert-OH is 1. The number of nitrogens with one attached hydrogen (secondary N) is 1. The molecule has 0 bridgehead atoms. The van der Waals surface area contributed by atoms with E-state index in [2.05, 4.69) is 26.1 Å². The molecule has 1 saturated heterocycles. The summed E-state index contributed by atoms with van der Waals surface area (Å²) in [5.41, 5.74) is 5.69. The monoisotopic (exact) mass is 271 g/mol. The molecule has 0 radical (unpaired) electrons. The molecule has 0 aromatic heterocycles. The van der Waals surface area contributed by atoms with Crippen LogP contribution >= 0.6 is 0 Å². The first-order chi connectivity index (χ1) is 8.81. The van der Waals surface area contributed by atoms with E-state index >= 15 is 0 Å². The van der Waals surface area contributed by atoms with Crippen LogP contribution in [-0.4, -0.2) is 48.3 Å². The number of nitrogens with two attached hydrogens (primary N) is 1. The highest BCUT2D eigenvalue weighted by Crippen LogP contribution is 2.30. The molecule has 1 aliphatic heterocycles. The lowest BCUT2D eigenvalue weighted by Gasteiger charge is -2.39. The fourth-order valence-electron chi connectivity index (χ4n) is 2.93. The summed E-state index contributed by atoms with van der Waals surface area (Å²) in [5, 5.41) is 12.2. The molecular formula is C14H29N3O2. The van der Waals surface area contributed by atoms with E-state index in [4.69, 9.17) is 10.8 Å². The molecule has 1 fully saturated rings. The van der Waals surface area contributed by atoms with Gasteiger partial charge in [0.15, 0.2) is 0 Å². The number of aliphatic hydroxyl groups is 1. The molecule has 19 heavy (non-hydrogen) atoms. The van der Waals surface area contributed by atoms with Crippen molar-refractivity contribution >= 4 is 6.03 Å². The van der Waals surface area contributed by atoms with Crippen LogP contribution in [0.3, 0.4) is 0 Å². The number of urea groups is 1. The number of piperidine rings is 1. The van der Waals surface area contributed by atoms with Crippen LogP contribution in [0.1, 0.15) is 40.0 Å². The van der Waals surface area contributed by atoms with Crippen LogP contribution in [0.4, 0.5) is 4.79 Å². The second kappa shape index (κ2) is 7.10. The van der Waals surface area contributed by atoms with E-state index in [0.29, 0.717) is 18.5 Å². The number of nitrogens with zero attached hydrogens (tertiary/aromatic N) is 1. The highest BCUT2D eigenvalue weighted by Gasteiger charge is 2.31. The molecule has 0 spiro atoms. The molecule has 1 rings (SSSR count). The summed E-state index contributed by atoms with van der Waals surface area (Å²) in [5.74, 6) is 0.493. The van der Waals surface area contributed by atoms with Gasteiger partial charge in [0.05, 0.1) is 0 Å². The first kappa shape index (κ1) is 16.2. The maximum atomic E-state index is 11.4. The third-order valence-corrected chi connectivity index (χ3v) is 3.52. The van der Waals surface area contributed by atoms with Crippen LogP contribution in [-0.2, 0) is 0 Å². The fourth-order valence-corrected chi connectivity index (χ4v) is 2.93. The van der Waals surface area contributed by atoms with Crippen LogP contribution in [0.15, 0.2) is 0 Å². The lowest BCUT2D eigenvalue weighted by Crippen LogP contribution is -2.53. The minimum atomic E-state index is -0.326. The Morgan fingerprint density at radius 2 is 2.11 bits per heavy atom. The quantitative estimate of drug-likeness (QED) is 0.657. The Kier molecular flexibility index (Phi) is 6.07. The smallest absolute Gasteiger partial charge is 0.314 e. The average Bonchev–Trinajstić information content (AvgIpc) is 2.26. The van der Waals surface area contributed by atoms with Gasteiger partial charge in [0.1, 0.15) is 0 Å². The van der Waals surface area contributed by atoms with E-state index in [-0.39, 0.29) is 18.1 Å². The predicted molar refractivity (Wildman–Crippen MR) is 76.8 cm³/mol. The molecule has 112 valence electrons. The Balaban J connectivity index is 2.55. The highest BCUT2D eigenvalue weighted by atomic mass is 16.3. The van der Waals surface area contributed by atoms with Gasteiger partial charge in [-0.05, 0) is 37.1 Å². The Morgan fingerprint density at radius 3 is 2.63 bits per heavy atom. The lowest BCUT2D eigenvalue weighted by molar-refractivity contribution is 0.129. The van der Waals surface area contributed by atoms with Crippen molar-refractivity contribution in [3.8, 4) is 0 Å². The zero-order chi connectivity index (χ0) is 14.5. The van der Waals surface area contributed by atoms with Crippen LogP contribution in [0.2, 0.25) is 0 Å². The number of likely N-dealkylation sites (tertiary alicyclic amines) is 1. The zero-order valence-corrected chi connectivity index (χ0v) is 12.5. The van der Waals surface area contributed by atoms with Gasteiger partial charge >= 0.3 is 6.03 Å². The molecule has 2 atom stereocenters. The van der Waals surface area contributed by atoms with Gasteiger partial charge in [-0.1, -0.05) is 20.8 Å². The lowest BCUT2D eigenvalue weighted by atomic mass is 9.80. The number of amides is 2. The van der Waals surface area contributed by atoms with Crippen LogP contribution in [0.5, 0.6) is 0 Å². The highest BCUT2D eigenvalue weighted by molar-refractivity contribution is 5.72. The summed E-state index contributed by atoms with van der Waals surface area (Å²) in [6, 6.07) is -0.0345. The van der Waals surface area contributed by atoms with E-state index in [1.165, 1.54) is 0 Å². The summed E-state index contributed by atoms with van der Waals surface area (Å²) in [7, 11) is 0. The van der Waals surface area contributed by atoms with Gasteiger partial charge in [-0.3, -0.25) is 0 Å². The standard InChI is InChI=1S/C14H29N3O2/c1-14(2,3)8-11-7-12(16-5-4-6-18)10-17(9-11)13(15)19/h11-12,16,18H,4-10H2,1-3H3,(H2,15,19). The molecule has 2 amide bonds. The molecule has 2 unspecified atom stereocenters. The van der Waals surface area contributed by atoms with Crippen molar-refractivity contribution < 1.29 is 9.90 Å². The van der Waals surface area contributed by atoms with Gasteiger partial charge in [-0.2, -0.15) is 0 Å². The Hall–Kier alpha value is -0.810. The van der Waals surface area contributed by atoms with E-state index in [1.807, 2.05) is 0 Å². The SMILES string of the molecule is CC(C)(C)CC1CC(NCCCO)CN(C(N)=O)C1. The fraction of sp³-hybridized carbons (Fsp3) is 0.929. The average molecular weight is 271 g/mol. The number of hydrogen-bond donors (Lipinski definition) is 3. The van der Waals surface area contributed by atoms with Gasteiger partial charge < -0.3 is 21.1 Å². The normalized spacial score (nSPS) is 24.5. The summed E-state index contributed by atoms with van der Waals surface area (Å²) in [6.45, 7) is 9.12. The number of primary amides is 1. The number of rotatable bonds is 5. The van der Waals surface area contributed by atoms with Crippen molar-refractivity contribution in [2.45, 2.75) is 46.1 Å². The second-order valence-electron chi connectivity index (χ2n) is 6.84. The van der Waals surface area contributed by atoms with Crippen LogP contribution < -0.4 is 11.1 Å². The largest absolute Gasteiger partial charge is 0.396 e. The molecule has 1 heterocycles. The molecule has 0 aromatic rings. The molecule has 4 N–H and O–H groups in total. The Morgan fingerprint density at radius 1 is 1.42 bits per heavy atom. The zero-order valence-electron chi connectivity index (χ0n) is 12.5. The van der Waals surface area contributed by atoms with Gasteiger partial charge in [-0.15, -0.1) is 0 Å². The van der Waals surface area contributed by atoms with Gasteiger partial charge in [0.25, 0.3) is 0 Å². The maximum Gasteiger partial charge on any atom is 0.314 e. The molecule has 0 aliphatic carbocycles. The summed E-state index contributed by atoms with van der Waals surface area (Å²) in [6.07, 6.45) is 2.92. The molecule has 5 heteroatoms. The Bertz CT molecular complexity index is 289. The minimum Gasteiger partial charge on any atom is -0.396 e. The van der Waals surface area contributed by atoms with E-state index in [0.717, 1.165) is 32.4 Å². The molecular weight excluding hydrogens is 242 g/mol. The van der Waals surface area contributed by atoms with E-state index in [1.54, 1.807) is 4.90 Å². The summed E-state index contributed by atoms with van der Waals surface area (Å²) < 4.78 is 0. The van der Waals surface area contributed by atoms with Crippen molar-refractivity contribution in [2.24, 2.45) is 17.1 Å². The van der Waals surface area contributed by atoms with Crippen molar-refractivity contribution in [3.63, 3.8) is 0 Å². The maximum absolute atomic E-state index is 11.4. The summed E-state index contributed by atoms with van der Waals surface area (Å²) >= 11 is 0. The number of hydrogen-bond acceptors (Lipinski definition) is 3. The molecule has 1 aliphatic rings. The van der Waals surface area contributed by atoms with Gasteiger partial charge in [0, 0.05) is 25.7 Å². The molecule has 5 nitrogen and oxygen atoms in total. The molecule has 0 saturated carbocycles. The van der Waals surface area contributed by atoms with Crippen molar-refractivity contribution in [1.29, 1.82) is 0 Å². The first-order valence-electron chi connectivity index (χ1n) is 7.20. The first-order valence-corrected chi connectivity index (χ1v) is 7.20. The Labute approximate surface area is 116 Å². The minimum absolute atomic E-state index is 0.199. The molecule has 0 aromatic carbocycles. The topological polar surface area (TPSA) is 78.6 Å². The van der Waals surface area contributed by atoms with Crippen molar-refractivity contribution in [1.82, 2.24) is 10.2 Å². The summed E-state index contributed by atoms with van der Waals surface area (Å²) in [4.78, 5) is 13.2. The van der Waals surface area contributed by atoms with Crippen LogP contribution in [0, 0.1) is 11.3 Å². The number of carbonyl (C=O) groups excluding carboxylic acids is 1. The van der Waals surface area contributed by atoms with Crippen LogP contribution in [0.25, 0.3) is 0 Å². The third kappa shape index (κ3) is 6.25.